The van der Waals surface area contributed by atoms with E-state index in [2.05, 4.69) is 44.5 Å². The van der Waals surface area contributed by atoms with Crippen LogP contribution in [0.4, 0.5) is 0 Å². The number of aliphatic hydroxyl groups excluding tert-OH is 1. The number of fused-ring (bicyclic) bond motifs is 3. The van der Waals surface area contributed by atoms with Gasteiger partial charge >= 0.3 is 0 Å². The van der Waals surface area contributed by atoms with Gasteiger partial charge in [0.1, 0.15) is 0 Å². The molecule has 3 nitrogen and oxygen atoms in total. The van der Waals surface area contributed by atoms with Crippen LogP contribution in [0.25, 0.3) is 0 Å². The van der Waals surface area contributed by atoms with Crippen LogP contribution in [0.2, 0.25) is 0 Å². The van der Waals surface area contributed by atoms with Gasteiger partial charge in [-0.3, -0.25) is 0 Å². The summed E-state index contributed by atoms with van der Waals surface area (Å²) in [5, 5.41) is 18.2. The zero-order valence-electron chi connectivity index (χ0n) is 17.1. The van der Waals surface area contributed by atoms with Crippen molar-refractivity contribution in [2.75, 3.05) is 27.2 Å². The van der Waals surface area contributed by atoms with E-state index in [1.165, 1.54) is 37.7 Å². The van der Waals surface area contributed by atoms with Crippen LogP contribution in [0.15, 0.2) is 11.6 Å². The number of rotatable bonds is 4. The third-order valence-electron chi connectivity index (χ3n) is 8.34. The Morgan fingerprint density at radius 2 is 1.84 bits per heavy atom. The molecule has 0 heterocycles. The summed E-state index contributed by atoms with van der Waals surface area (Å²) in [7, 11) is 4.07. The van der Waals surface area contributed by atoms with Crippen LogP contribution in [-0.2, 0) is 0 Å². The van der Waals surface area contributed by atoms with E-state index in [0.29, 0.717) is 16.7 Å². The number of aliphatic hydroxyl groups is 1. The van der Waals surface area contributed by atoms with Gasteiger partial charge in [0, 0.05) is 18.5 Å². The van der Waals surface area contributed by atoms with Gasteiger partial charge in [-0.1, -0.05) is 38.8 Å². The van der Waals surface area contributed by atoms with Gasteiger partial charge in [-0.25, -0.2) is 0 Å². The summed E-state index contributed by atoms with van der Waals surface area (Å²) >= 11 is 0. The molecule has 0 amide bonds. The van der Waals surface area contributed by atoms with Crippen LogP contribution in [0, 0.1) is 28.1 Å². The maximum absolute atomic E-state index is 11.4. The Bertz CT molecular complexity index is 514. The average Bonchev–Trinajstić information content (AvgIpc) is 2.66. The van der Waals surface area contributed by atoms with Crippen molar-refractivity contribution in [2.24, 2.45) is 28.1 Å². The molecule has 0 radical (unpaired) electrons. The molecule has 144 valence electrons. The van der Waals surface area contributed by atoms with E-state index in [1.807, 2.05) is 7.05 Å². The number of hydrogen-bond donors (Lipinski definition) is 3. The van der Waals surface area contributed by atoms with Crippen LogP contribution in [-0.4, -0.2) is 38.4 Å². The van der Waals surface area contributed by atoms with Crippen molar-refractivity contribution >= 4 is 0 Å². The molecule has 2 fully saturated rings. The Morgan fingerprint density at radius 1 is 1.08 bits per heavy atom. The van der Waals surface area contributed by atoms with Crippen LogP contribution < -0.4 is 10.6 Å². The SMILES string of the molecule is CNCC1=CCC2C3(C)CCCC(C)(C)C3CCC2(CNC)C(O)C1. The minimum absolute atomic E-state index is 0.0272. The highest BCUT2D eigenvalue weighted by atomic mass is 16.3. The molecule has 3 aliphatic carbocycles. The minimum Gasteiger partial charge on any atom is -0.392 e. The molecule has 5 atom stereocenters. The van der Waals surface area contributed by atoms with Gasteiger partial charge in [0.15, 0.2) is 0 Å². The van der Waals surface area contributed by atoms with Gasteiger partial charge in [0.25, 0.3) is 0 Å². The van der Waals surface area contributed by atoms with Crippen molar-refractivity contribution in [3.8, 4) is 0 Å². The fraction of sp³-hybridized carbons (Fsp3) is 0.909. The molecule has 0 spiro atoms. The molecule has 0 aromatic carbocycles. The molecular weight excluding hydrogens is 308 g/mol. The lowest BCUT2D eigenvalue weighted by molar-refractivity contribution is -0.165. The smallest absolute Gasteiger partial charge is 0.0649 e. The van der Waals surface area contributed by atoms with E-state index >= 15 is 0 Å². The van der Waals surface area contributed by atoms with Gasteiger partial charge in [-0.15, -0.1) is 0 Å². The summed E-state index contributed by atoms with van der Waals surface area (Å²) in [6.45, 7) is 9.41. The molecular formula is C22H40N2O. The molecule has 0 bridgehead atoms. The third kappa shape index (κ3) is 3.11. The summed E-state index contributed by atoms with van der Waals surface area (Å²) in [6, 6.07) is 0. The number of nitrogens with one attached hydrogen (secondary N) is 2. The van der Waals surface area contributed by atoms with Crippen molar-refractivity contribution in [2.45, 2.75) is 71.8 Å². The second kappa shape index (κ2) is 6.98. The van der Waals surface area contributed by atoms with Crippen molar-refractivity contribution in [1.29, 1.82) is 0 Å². The number of allylic oxidation sites excluding steroid dienone is 1. The fourth-order valence-corrected chi connectivity index (χ4v) is 7.30. The Kier molecular flexibility index (Phi) is 5.41. The number of likely N-dealkylation sites (N-methyl/N-ethyl adjacent to an activating group) is 1. The summed E-state index contributed by atoms with van der Waals surface area (Å²) in [6.07, 6.45) is 10.7. The van der Waals surface area contributed by atoms with Crippen LogP contribution in [0.3, 0.4) is 0 Å². The zero-order valence-corrected chi connectivity index (χ0v) is 17.1. The largest absolute Gasteiger partial charge is 0.392 e. The molecule has 0 aromatic rings. The molecule has 3 N–H and O–H groups in total. The lowest BCUT2D eigenvalue weighted by atomic mass is 9.42. The average molecular weight is 349 g/mol. The van der Waals surface area contributed by atoms with Crippen molar-refractivity contribution in [3.05, 3.63) is 11.6 Å². The van der Waals surface area contributed by atoms with Crippen LogP contribution >= 0.6 is 0 Å². The predicted molar refractivity (Wildman–Crippen MR) is 106 cm³/mol. The first-order valence-corrected chi connectivity index (χ1v) is 10.5. The topological polar surface area (TPSA) is 44.3 Å². The molecule has 25 heavy (non-hydrogen) atoms. The van der Waals surface area contributed by atoms with Crippen LogP contribution in [0.1, 0.15) is 65.7 Å². The standard InChI is InChI=1S/C22H40N2O/c1-20(2)10-6-11-21(3)17(20)9-12-22(15-24-5)18(21)8-7-16(14-23-4)13-19(22)25/h7,17-19,23-25H,6,8-15H2,1-5H3. The molecule has 0 aromatic heterocycles. The van der Waals surface area contributed by atoms with Gasteiger partial charge in [-0.2, -0.15) is 0 Å². The third-order valence-corrected chi connectivity index (χ3v) is 8.34. The highest BCUT2D eigenvalue weighted by molar-refractivity contribution is 5.19. The molecule has 0 saturated heterocycles. The van der Waals surface area contributed by atoms with E-state index in [0.717, 1.165) is 31.8 Å². The van der Waals surface area contributed by atoms with E-state index in [-0.39, 0.29) is 11.5 Å². The predicted octanol–water partition coefficient (Wildman–Crippen LogP) is 3.74. The first kappa shape index (κ1) is 19.4. The second-order valence-electron chi connectivity index (χ2n) is 10.1. The van der Waals surface area contributed by atoms with E-state index < -0.39 is 0 Å². The van der Waals surface area contributed by atoms with Crippen molar-refractivity contribution in [1.82, 2.24) is 10.6 Å². The monoisotopic (exact) mass is 348 g/mol. The quantitative estimate of drug-likeness (QED) is 0.678. The van der Waals surface area contributed by atoms with Gasteiger partial charge in [0.05, 0.1) is 6.10 Å². The number of hydrogen-bond acceptors (Lipinski definition) is 3. The van der Waals surface area contributed by atoms with Gasteiger partial charge in [0.2, 0.25) is 0 Å². The maximum atomic E-state index is 11.4. The normalized spacial score (nSPS) is 43.6. The van der Waals surface area contributed by atoms with Gasteiger partial charge < -0.3 is 15.7 Å². The van der Waals surface area contributed by atoms with E-state index in [4.69, 9.17) is 0 Å². The molecule has 3 heteroatoms. The molecule has 3 aliphatic rings. The molecule has 2 saturated carbocycles. The lowest BCUT2D eigenvalue weighted by Crippen LogP contribution is -2.61. The van der Waals surface area contributed by atoms with Crippen molar-refractivity contribution in [3.63, 3.8) is 0 Å². The minimum atomic E-state index is -0.227. The van der Waals surface area contributed by atoms with Crippen molar-refractivity contribution < 1.29 is 5.11 Å². The summed E-state index contributed by atoms with van der Waals surface area (Å²) in [5.41, 5.74) is 2.21. The molecule has 0 aliphatic heterocycles. The van der Waals surface area contributed by atoms with E-state index in [9.17, 15) is 5.11 Å². The van der Waals surface area contributed by atoms with E-state index in [1.54, 1.807) is 0 Å². The van der Waals surface area contributed by atoms with Gasteiger partial charge in [-0.05, 0) is 75.3 Å². The summed E-state index contributed by atoms with van der Waals surface area (Å²) in [5.74, 6) is 1.37. The Labute approximate surface area is 155 Å². The Morgan fingerprint density at radius 3 is 2.52 bits per heavy atom. The first-order valence-electron chi connectivity index (χ1n) is 10.5. The molecule has 3 rings (SSSR count). The maximum Gasteiger partial charge on any atom is 0.0649 e. The summed E-state index contributed by atoms with van der Waals surface area (Å²) in [4.78, 5) is 0. The highest BCUT2D eigenvalue weighted by Gasteiger charge is 2.61. The Hall–Kier alpha value is -0.380. The lowest BCUT2D eigenvalue weighted by Gasteiger charge is -2.64. The fourth-order valence-electron chi connectivity index (χ4n) is 7.30. The first-order chi connectivity index (χ1) is 11.8. The highest BCUT2D eigenvalue weighted by Crippen LogP contribution is 2.66. The second-order valence-corrected chi connectivity index (χ2v) is 10.1. The zero-order chi connectivity index (χ0) is 18.3. The van der Waals surface area contributed by atoms with Crippen LogP contribution in [0.5, 0.6) is 0 Å². The summed E-state index contributed by atoms with van der Waals surface area (Å²) < 4.78 is 0. The Balaban J connectivity index is 2.02. The molecule has 5 unspecified atom stereocenters.